The number of unbranched alkanes of at least 4 members (excludes halogenated alkanes) is 1. The summed E-state index contributed by atoms with van der Waals surface area (Å²) < 4.78 is 40.2. The monoisotopic (exact) mass is 744 g/mol. The van der Waals surface area contributed by atoms with Crippen molar-refractivity contribution >= 4 is 42.9 Å². The van der Waals surface area contributed by atoms with Crippen molar-refractivity contribution in [3.63, 3.8) is 0 Å². The molecule has 0 spiro atoms. The van der Waals surface area contributed by atoms with Crippen LogP contribution in [0.1, 0.15) is 59.3 Å². The van der Waals surface area contributed by atoms with Crippen LogP contribution >= 0.6 is 7.82 Å². The van der Waals surface area contributed by atoms with Crippen molar-refractivity contribution in [1.82, 2.24) is 15.6 Å². The number of ether oxygens (including phenoxy) is 2. The van der Waals surface area contributed by atoms with Gasteiger partial charge in [0.25, 0.3) is 5.91 Å². The highest BCUT2D eigenvalue weighted by Gasteiger charge is 2.26. The SMILES string of the molecule is COc1ccc(CC(NC(=O)CCc2c(C)[nH]c(C=C3C(=O)Nc4ccc(F)cc43)c2C)C(=O)NCCCCC(CO)COP(=O)(O)O)cc1OC. The summed E-state index contributed by atoms with van der Waals surface area (Å²) in [6.45, 7) is 3.41. The summed E-state index contributed by atoms with van der Waals surface area (Å²) in [5.74, 6) is -1.03. The lowest BCUT2D eigenvalue weighted by Crippen LogP contribution is -2.48. The topological polar surface area (TPSA) is 209 Å². The minimum absolute atomic E-state index is 0.0685. The van der Waals surface area contributed by atoms with E-state index in [0.717, 1.165) is 22.4 Å². The third-order valence-corrected chi connectivity index (χ3v) is 9.39. The number of aromatic nitrogens is 1. The van der Waals surface area contributed by atoms with Gasteiger partial charge in [-0.3, -0.25) is 18.9 Å². The number of methoxy groups -OCH3 is 2. The van der Waals surface area contributed by atoms with Crippen molar-refractivity contribution in [3.8, 4) is 11.5 Å². The van der Waals surface area contributed by atoms with E-state index in [1.165, 1.54) is 32.4 Å². The van der Waals surface area contributed by atoms with Gasteiger partial charge in [-0.1, -0.05) is 12.5 Å². The molecule has 0 saturated heterocycles. The molecule has 3 amide bonds. The number of aliphatic hydroxyl groups is 1. The minimum Gasteiger partial charge on any atom is -0.493 e. The molecule has 14 nitrogen and oxygen atoms in total. The Hall–Kier alpha value is -4.53. The fraction of sp³-hybridized carbons (Fsp3) is 0.417. The van der Waals surface area contributed by atoms with Crippen molar-refractivity contribution in [1.29, 1.82) is 0 Å². The number of aliphatic hydroxyl groups excluding tert-OH is 1. The Morgan fingerprint density at radius 3 is 2.50 bits per heavy atom. The maximum atomic E-state index is 14.0. The van der Waals surface area contributed by atoms with E-state index in [1.807, 2.05) is 13.8 Å². The first kappa shape index (κ1) is 40.2. The van der Waals surface area contributed by atoms with Gasteiger partial charge >= 0.3 is 7.82 Å². The molecule has 0 radical (unpaired) electrons. The van der Waals surface area contributed by atoms with Gasteiger partial charge in [0, 0.05) is 54.5 Å². The van der Waals surface area contributed by atoms with Gasteiger partial charge < -0.3 is 45.3 Å². The summed E-state index contributed by atoms with van der Waals surface area (Å²) in [7, 11) is -1.63. The summed E-state index contributed by atoms with van der Waals surface area (Å²) in [4.78, 5) is 60.5. The van der Waals surface area contributed by atoms with Crippen molar-refractivity contribution in [3.05, 3.63) is 75.9 Å². The van der Waals surface area contributed by atoms with Crippen LogP contribution in [0.25, 0.3) is 11.6 Å². The van der Waals surface area contributed by atoms with Crippen LogP contribution in [0.4, 0.5) is 10.1 Å². The molecule has 2 atom stereocenters. The molecule has 7 N–H and O–H groups in total. The number of carbonyl (C=O) groups excluding carboxylic acids is 3. The maximum absolute atomic E-state index is 14.0. The zero-order valence-electron chi connectivity index (χ0n) is 29.6. The molecule has 3 aromatic rings. The van der Waals surface area contributed by atoms with E-state index in [0.29, 0.717) is 59.7 Å². The molecule has 2 unspecified atom stereocenters. The highest BCUT2D eigenvalue weighted by atomic mass is 31.2. The summed E-state index contributed by atoms with van der Waals surface area (Å²) in [6.07, 6.45) is 3.74. The fourth-order valence-electron chi connectivity index (χ4n) is 6.06. The number of aromatic amines is 1. The van der Waals surface area contributed by atoms with Gasteiger partial charge in [-0.25, -0.2) is 8.96 Å². The highest BCUT2D eigenvalue weighted by Crippen LogP contribution is 2.37. The van der Waals surface area contributed by atoms with Gasteiger partial charge in [0.2, 0.25) is 11.8 Å². The average Bonchev–Trinajstić information content (AvgIpc) is 3.55. The number of H-pyrrole nitrogens is 1. The Bertz CT molecular complexity index is 1840. The Morgan fingerprint density at radius 1 is 1.06 bits per heavy atom. The lowest BCUT2D eigenvalue weighted by Gasteiger charge is -2.20. The molecule has 0 fully saturated rings. The molecule has 1 aliphatic heterocycles. The number of rotatable bonds is 19. The van der Waals surface area contributed by atoms with Crippen molar-refractivity contribution < 1.29 is 52.2 Å². The number of phosphoric ester groups is 1. The molecule has 0 saturated carbocycles. The third-order valence-electron chi connectivity index (χ3n) is 8.90. The number of hydrogen-bond acceptors (Lipinski definition) is 8. The standard InChI is InChI=1S/C36H46FN4O10P/c1-21-26(22(2)39-30(21)18-28-27-17-25(37)9-11-29(27)41-35(28)44)10-13-34(43)40-31(15-23-8-12-32(49-3)33(16-23)50-4)36(45)38-14-6-5-7-24(19-42)20-51-52(46,47)48/h8-9,11-12,16-18,24,31,39,42H,5-7,10,13-15,19-20H2,1-4H3,(H,38,45)(H,40,43)(H,41,44)(H2,46,47,48). The molecule has 1 aromatic heterocycles. The van der Waals surface area contributed by atoms with Crippen LogP contribution in [0.15, 0.2) is 36.4 Å². The second-order valence-corrected chi connectivity index (χ2v) is 13.8. The minimum atomic E-state index is -4.64. The predicted molar refractivity (Wildman–Crippen MR) is 192 cm³/mol. The summed E-state index contributed by atoms with van der Waals surface area (Å²) in [5.41, 5.74) is 5.25. The zero-order valence-corrected chi connectivity index (χ0v) is 30.5. The van der Waals surface area contributed by atoms with Gasteiger partial charge in [-0.15, -0.1) is 0 Å². The fourth-order valence-corrected chi connectivity index (χ4v) is 6.47. The number of nitrogens with one attached hydrogen (secondary N) is 4. The van der Waals surface area contributed by atoms with E-state index in [2.05, 4.69) is 25.5 Å². The second kappa shape index (κ2) is 18.3. The normalized spacial score (nSPS) is 14.5. The average molecular weight is 745 g/mol. The first-order valence-electron chi connectivity index (χ1n) is 16.8. The van der Waals surface area contributed by atoms with Crippen molar-refractivity contribution in [2.24, 2.45) is 5.92 Å². The molecule has 4 rings (SSSR count). The van der Waals surface area contributed by atoms with E-state index < -0.39 is 31.5 Å². The Balaban J connectivity index is 1.41. The van der Waals surface area contributed by atoms with Crippen LogP contribution in [0.3, 0.4) is 0 Å². The van der Waals surface area contributed by atoms with Crippen LogP contribution in [-0.4, -0.2) is 77.6 Å². The lowest BCUT2D eigenvalue weighted by atomic mass is 10.0. The molecule has 1 aliphatic rings. The Morgan fingerprint density at radius 2 is 1.81 bits per heavy atom. The van der Waals surface area contributed by atoms with Gasteiger partial charge in [0.15, 0.2) is 11.5 Å². The van der Waals surface area contributed by atoms with Crippen LogP contribution in [0.5, 0.6) is 11.5 Å². The number of carbonyl (C=O) groups is 3. The number of halogens is 1. The molecular weight excluding hydrogens is 698 g/mol. The number of aryl methyl sites for hydroxylation is 1. The summed E-state index contributed by atoms with van der Waals surface area (Å²) in [6, 6.07) is 8.42. The number of anilines is 1. The summed E-state index contributed by atoms with van der Waals surface area (Å²) >= 11 is 0. The number of benzene rings is 2. The third kappa shape index (κ3) is 11.0. The van der Waals surface area contributed by atoms with Crippen LogP contribution in [-0.2, 0) is 36.3 Å². The first-order chi connectivity index (χ1) is 24.7. The van der Waals surface area contributed by atoms with E-state index in [-0.39, 0.29) is 44.4 Å². The number of hydrogen-bond donors (Lipinski definition) is 7. The smallest absolute Gasteiger partial charge is 0.469 e. The predicted octanol–water partition coefficient (Wildman–Crippen LogP) is 3.94. The second-order valence-electron chi connectivity index (χ2n) is 12.6. The zero-order chi connectivity index (χ0) is 38.0. The van der Waals surface area contributed by atoms with Gasteiger partial charge in [0.05, 0.1) is 26.4 Å². The molecule has 16 heteroatoms. The first-order valence-corrected chi connectivity index (χ1v) is 18.4. The maximum Gasteiger partial charge on any atom is 0.469 e. The van der Waals surface area contributed by atoms with Gasteiger partial charge in [-0.2, -0.15) is 0 Å². The van der Waals surface area contributed by atoms with Crippen LogP contribution in [0, 0.1) is 25.6 Å². The molecule has 2 heterocycles. The van der Waals surface area contributed by atoms with Crippen LogP contribution < -0.4 is 25.4 Å². The van der Waals surface area contributed by atoms with Gasteiger partial charge in [0.1, 0.15) is 11.9 Å². The van der Waals surface area contributed by atoms with E-state index in [9.17, 15) is 28.4 Å². The van der Waals surface area contributed by atoms with E-state index in [1.54, 1.807) is 24.3 Å². The molecule has 2 aromatic carbocycles. The number of phosphoric acid groups is 1. The van der Waals surface area contributed by atoms with Crippen molar-refractivity contribution in [2.45, 2.75) is 58.4 Å². The Labute approximate surface area is 301 Å². The van der Waals surface area contributed by atoms with Gasteiger partial charge in [-0.05, 0) is 86.2 Å². The number of fused-ring (bicyclic) bond motifs is 1. The lowest BCUT2D eigenvalue weighted by molar-refractivity contribution is -0.129. The van der Waals surface area contributed by atoms with Crippen molar-refractivity contribution in [2.75, 3.05) is 39.3 Å². The van der Waals surface area contributed by atoms with Crippen LogP contribution in [0.2, 0.25) is 0 Å². The van der Waals surface area contributed by atoms with E-state index >= 15 is 0 Å². The summed E-state index contributed by atoms with van der Waals surface area (Å²) in [5, 5.41) is 18.0. The molecule has 0 aliphatic carbocycles. The quantitative estimate of drug-likeness (QED) is 0.0534. The largest absolute Gasteiger partial charge is 0.493 e. The number of amides is 3. The molecule has 0 bridgehead atoms. The Kier molecular flexibility index (Phi) is 14.2. The molecule has 282 valence electrons. The highest BCUT2D eigenvalue weighted by molar-refractivity contribution is 7.46. The molecule has 52 heavy (non-hydrogen) atoms. The molecular formula is C36H46FN4O10P. The van der Waals surface area contributed by atoms with E-state index in [4.69, 9.17) is 19.3 Å².